The molecule has 2 heterocycles. The SMILES string of the molecule is N#CC1CCC(N[C@H](Cc2ccc(Cl)cc2)C(=O)N2CCC(Cn3cncn3)(C3CCCCC3)CC2)CC1. The highest BCUT2D eigenvalue weighted by Gasteiger charge is 2.44. The molecule has 2 aromatic rings. The number of nitriles is 1. The fourth-order valence-corrected chi connectivity index (χ4v) is 7.31. The molecular weight excluding hydrogens is 496 g/mol. The third-order valence-electron chi connectivity index (χ3n) is 9.48. The van der Waals surface area contributed by atoms with Gasteiger partial charge in [0.2, 0.25) is 5.91 Å². The topological polar surface area (TPSA) is 86.8 Å². The van der Waals surface area contributed by atoms with Crippen molar-refractivity contribution in [3.8, 4) is 6.07 Å². The zero-order valence-electron chi connectivity index (χ0n) is 22.4. The van der Waals surface area contributed by atoms with Crippen LogP contribution in [0.2, 0.25) is 5.02 Å². The van der Waals surface area contributed by atoms with Gasteiger partial charge in [-0.25, -0.2) is 4.98 Å². The summed E-state index contributed by atoms with van der Waals surface area (Å²) in [6.07, 6.45) is 16.4. The van der Waals surface area contributed by atoms with Crippen LogP contribution < -0.4 is 5.32 Å². The van der Waals surface area contributed by atoms with Crippen LogP contribution in [0.15, 0.2) is 36.9 Å². The van der Waals surface area contributed by atoms with Gasteiger partial charge in [0.05, 0.1) is 12.1 Å². The summed E-state index contributed by atoms with van der Waals surface area (Å²) < 4.78 is 2.01. The van der Waals surface area contributed by atoms with Crippen molar-refractivity contribution < 1.29 is 4.79 Å². The Hall–Kier alpha value is -2.43. The van der Waals surface area contributed by atoms with Gasteiger partial charge < -0.3 is 10.2 Å². The molecule has 0 unspecified atom stereocenters. The first-order valence-electron chi connectivity index (χ1n) is 14.6. The Morgan fingerprint density at radius 2 is 1.79 bits per heavy atom. The van der Waals surface area contributed by atoms with E-state index < -0.39 is 0 Å². The van der Waals surface area contributed by atoms with E-state index in [2.05, 4.69) is 26.4 Å². The molecule has 1 saturated heterocycles. The number of nitrogens with zero attached hydrogens (tertiary/aromatic N) is 5. The second-order valence-corrected chi connectivity index (χ2v) is 12.3. The van der Waals surface area contributed by atoms with Crippen LogP contribution in [0.5, 0.6) is 0 Å². The molecule has 0 radical (unpaired) electrons. The van der Waals surface area contributed by atoms with Gasteiger partial charge in [0.25, 0.3) is 0 Å². The monoisotopic (exact) mass is 536 g/mol. The van der Waals surface area contributed by atoms with Crippen molar-refractivity contribution >= 4 is 17.5 Å². The summed E-state index contributed by atoms with van der Waals surface area (Å²) in [7, 11) is 0. The summed E-state index contributed by atoms with van der Waals surface area (Å²) in [6, 6.07) is 10.3. The maximum Gasteiger partial charge on any atom is 0.240 e. The first-order chi connectivity index (χ1) is 18.5. The number of halogens is 1. The van der Waals surface area contributed by atoms with E-state index in [9.17, 15) is 10.1 Å². The van der Waals surface area contributed by atoms with Gasteiger partial charge in [-0.3, -0.25) is 9.48 Å². The Bertz CT molecular complexity index is 1060. The van der Waals surface area contributed by atoms with Gasteiger partial charge in [-0.1, -0.05) is 43.0 Å². The van der Waals surface area contributed by atoms with E-state index in [-0.39, 0.29) is 29.3 Å². The van der Waals surface area contributed by atoms with Crippen LogP contribution in [0.4, 0.5) is 0 Å². The van der Waals surface area contributed by atoms with E-state index in [0.717, 1.165) is 63.7 Å². The highest BCUT2D eigenvalue weighted by molar-refractivity contribution is 6.30. The normalized spacial score (nSPS) is 25.0. The third-order valence-corrected chi connectivity index (χ3v) is 9.74. The smallest absolute Gasteiger partial charge is 0.240 e. The molecule has 38 heavy (non-hydrogen) atoms. The number of likely N-dealkylation sites (tertiary alicyclic amines) is 1. The first kappa shape index (κ1) is 27.1. The van der Waals surface area contributed by atoms with Gasteiger partial charge in [-0.05, 0) is 86.8 Å². The molecule has 3 fully saturated rings. The lowest BCUT2D eigenvalue weighted by Crippen LogP contribution is -2.55. The molecular formula is C30H41ClN6O. The maximum absolute atomic E-state index is 14.0. The summed E-state index contributed by atoms with van der Waals surface area (Å²) in [5.74, 6) is 1.05. The fourth-order valence-electron chi connectivity index (χ4n) is 7.19. The van der Waals surface area contributed by atoms with Gasteiger partial charge in [-0.2, -0.15) is 10.4 Å². The van der Waals surface area contributed by atoms with Gasteiger partial charge >= 0.3 is 0 Å². The first-order valence-corrected chi connectivity index (χ1v) is 14.9. The quantitative estimate of drug-likeness (QED) is 0.488. The Morgan fingerprint density at radius 1 is 1.08 bits per heavy atom. The lowest BCUT2D eigenvalue weighted by Gasteiger charge is -2.48. The van der Waals surface area contributed by atoms with Crippen LogP contribution in [0.25, 0.3) is 0 Å². The molecule has 1 atom stereocenters. The molecule has 204 valence electrons. The highest BCUT2D eigenvalue weighted by atomic mass is 35.5. The standard InChI is InChI=1S/C30H41ClN6O/c31-26-10-6-23(7-11-26)18-28(35-27-12-8-24(19-32)9-13-27)29(38)36-16-14-30(15-17-36,20-37-22-33-21-34-37)25-4-2-1-3-5-25/h6-7,10-11,21-22,24-25,27-28,35H,1-5,8-9,12-18,20H2/t24?,27?,28-/m1/s1. The molecule has 1 aromatic heterocycles. The minimum absolute atomic E-state index is 0.151. The van der Waals surface area contributed by atoms with Crippen molar-refractivity contribution in [1.29, 1.82) is 5.26 Å². The number of nitrogens with one attached hydrogen (secondary N) is 1. The third kappa shape index (κ3) is 6.58. The number of amides is 1. The molecule has 8 heteroatoms. The number of rotatable bonds is 8. The van der Waals surface area contributed by atoms with Gasteiger partial charge in [0.15, 0.2) is 0 Å². The van der Waals surface area contributed by atoms with Crippen molar-refractivity contribution in [3.05, 3.63) is 47.5 Å². The molecule has 1 aromatic carbocycles. The van der Waals surface area contributed by atoms with Gasteiger partial charge in [-0.15, -0.1) is 0 Å². The van der Waals surface area contributed by atoms with E-state index >= 15 is 0 Å². The second kappa shape index (κ2) is 12.6. The molecule has 0 spiro atoms. The van der Waals surface area contributed by atoms with Crippen LogP contribution in [0.1, 0.15) is 76.2 Å². The number of hydrogen-bond acceptors (Lipinski definition) is 5. The largest absolute Gasteiger partial charge is 0.341 e. The number of hydrogen-bond donors (Lipinski definition) is 1. The molecule has 1 aliphatic heterocycles. The highest BCUT2D eigenvalue weighted by Crippen LogP contribution is 2.47. The van der Waals surface area contributed by atoms with Crippen LogP contribution in [-0.2, 0) is 17.8 Å². The van der Waals surface area contributed by atoms with Gasteiger partial charge in [0, 0.05) is 36.6 Å². The Labute approximate surface area is 231 Å². The summed E-state index contributed by atoms with van der Waals surface area (Å²) in [5.41, 5.74) is 1.30. The van der Waals surface area contributed by atoms with Crippen molar-refractivity contribution in [2.45, 2.75) is 95.7 Å². The summed E-state index contributed by atoms with van der Waals surface area (Å²) in [4.78, 5) is 20.3. The van der Waals surface area contributed by atoms with Gasteiger partial charge in [0.1, 0.15) is 12.7 Å². The number of piperidine rings is 1. The zero-order chi connectivity index (χ0) is 26.4. The molecule has 1 amide bonds. The minimum atomic E-state index is -0.266. The number of carbonyl (C=O) groups excluding carboxylic acids is 1. The van der Waals surface area contributed by atoms with E-state index in [1.54, 1.807) is 6.33 Å². The van der Waals surface area contributed by atoms with E-state index in [1.807, 2.05) is 35.3 Å². The summed E-state index contributed by atoms with van der Waals surface area (Å²) in [6.45, 7) is 2.49. The lowest BCUT2D eigenvalue weighted by molar-refractivity contribution is -0.137. The predicted octanol–water partition coefficient (Wildman–Crippen LogP) is 5.40. The Kier molecular flexibility index (Phi) is 9.01. The molecule has 3 aliphatic rings. The van der Waals surface area contributed by atoms with Crippen LogP contribution in [-0.4, -0.2) is 50.7 Å². The predicted molar refractivity (Wildman–Crippen MR) is 148 cm³/mol. The fraction of sp³-hybridized carbons (Fsp3) is 0.667. The average Bonchev–Trinajstić information content (AvgIpc) is 3.47. The molecule has 2 aliphatic carbocycles. The van der Waals surface area contributed by atoms with Crippen molar-refractivity contribution in [2.75, 3.05) is 13.1 Å². The summed E-state index contributed by atoms with van der Waals surface area (Å²) >= 11 is 6.13. The van der Waals surface area contributed by atoms with Crippen LogP contribution in [0, 0.1) is 28.6 Å². The number of aromatic nitrogens is 3. The van der Waals surface area contributed by atoms with Crippen LogP contribution >= 0.6 is 11.6 Å². The second-order valence-electron chi connectivity index (χ2n) is 11.8. The molecule has 0 bridgehead atoms. The van der Waals surface area contributed by atoms with E-state index in [1.165, 1.54) is 32.1 Å². The molecule has 5 rings (SSSR count). The van der Waals surface area contributed by atoms with Crippen LogP contribution in [0.3, 0.4) is 0 Å². The Morgan fingerprint density at radius 3 is 2.42 bits per heavy atom. The Balaban J connectivity index is 1.28. The molecule has 7 nitrogen and oxygen atoms in total. The maximum atomic E-state index is 14.0. The van der Waals surface area contributed by atoms with E-state index in [0.29, 0.717) is 17.4 Å². The zero-order valence-corrected chi connectivity index (χ0v) is 23.2. The molecule has 2 saturated carbocycles. The van der Waals surface area contributed by atoms with Crippen molar-refractivity contribution in [2.24, 2.45) is 17.3 Å². The average molecular weight is 537 g/mol. The molecule has 1 N–H and O–H groups in total. The summed E-state index contributed by atoms with van der Waals surface area (Å²) in [5, 5.41) is 18.2. The number of carbonyl (C=O) groups is 1. The van der Waals surface area contributed by atoms with Crippen molar-refractivity contribution in [1.82, 2.24) is 25.0 Å². The number of benzene rings is 1. The van der Waals surface area contributed by atoms with Crippen molar-refractivity contribution in [3.63, 3.8) is 0 Å². The van der Waals surface area contributed by atoms with E-state index in [4.69, 9.17) is 11.6 Å². The lowest BCUT2D eigenvalue weighted by atomic mass is 9.63. The minimum Gasteiger partial charge on any atom is -0.341 e.